The summed E-state index contributed by atoms with van der Waals surface area (Å²) in [4.78, 5) is 0. The Labute approximate surface area is 99.2 Å². The van der Waals surface area contributed by atoms with Gasteiger partial charge in [0.15, 0.2) is 0 Å². The summed E-state index contributed by atoms with van der Waals surface area (Å²) in [5.41, 5.74) is 7.35. The smallest absolute Gasteiger partial charge is 0.123 e. The highest BCUT2D eigenvalue weighted by molar-refractivity contribution is 5.25. The molecule has 17 heavy (non-hydrogen) atoms. The zero-order valence-corrected chi connectivity index (χ0v) is 9.89. The van der Waals surface area contributed by atoms with Crippen molar-refractivity contribution in [3.05, 3.63) is 47.5 Å². The van der Waals surface area contributed by atoms with Crippen molar-refractivity contribution >= 4 is 0 Å². The Kier molecular flexibility index (Phi) is 2.93. The maximum atomic E-state index is 12.8. The number of hydrogen-bond donors (Lipinski definition) is 1. The molecule has 1 unspecified atom stereocenters. The summed E-state index contributed by atoms with van der Waals surface area (Å²) in [5.74, 6) is -0.260. The normalized spacial score (nSPS) is 14.6. The molecule has 2 aromatic rings. The van der Waals surface area contributed by atoms with Crippen LogP contribution in [0, 0.1) is 5.82 Å². The first kappa shape index (κ1) is 11.7. The van der Waals surface area contributed by atoms with Gasteiger partial charge in [-0.15, -0.1) is 5.10 Å². The van der Waals surface area contributed by atoms with E-state index in [0.717, 1.165) is 11.3 Å². The number of nitrogens with two attached hydrogens (primary N) is 1. The average Bonchev–Trinajstić information content (AvgIpc) is 2.63. The van der Waals surface area contributed by atoms with Crippen LogP contribution in [0.25, 0.3) is 0 Å². The Hall–Kier alpha value is -1.75. The molecule has 0 spiro atoms. The average molecular weight is 234 g/mol. The fourth-order valence-electron chi connectivity index (χ4n) is 1.79. The summed E-state index contributed by atoms with van der Waals surface area (Å²) >= 11 is 0. The van der Waals surface area contributed by atoms with Crippen molar-refractivity contribution in [2.75, 3.05) is 0 Å². The van der Waals surface area contributed by atoms with Gasteiger partial charge in [-0.25, -0.2) is 4.39 Å². The fraction of sp³-hybridized carbons (Fsp3) is 0.333. The number of halogens is 1. The molecule has 1 atom stereocenters. The van der Waals surface area contributed by atoms with Gasteiger partial charge in [-0.05, 0) is 24.6 Å². The molecule has 0 aliphatic rings. The van der Waals surface area contributed by atoms with Crippen molar-refractivity contribution in [2.45, 2.75) is 18.9 Å². The highest BCUT2D eigenvalue weighted by Crippen LogP contribution is 2.21. The van der Waals surface area contributed by atoms with Crippen LogP contribution in [0.5, 0.6) is 0 Å². The van der Waals surface area contributed by atoms with Gasteiger partial charge in [0.25, 0.3) is 0 Å². The van der Waals surface area contributed by atoms with Gasteiger partial charge >= 0.3 is 0 Å². The molecule has 1 aromatic carbocycles. The summed E-state index contributed by atoms with van der Waals surface area (Å²) in [6.07, 6.45) is 2.39. The second kappa shape index (κ2) is 4.25. The first-order chi connectivity index (χ1) is 7.97. The van der Waals surface area contributed by atoms with Gasteiger partial charge in [0, 0.05) is 25.2 Å². The number of aromatic nitrogens is 3. The molecule has 0 bridgehead atoms. The van der Waals surface area contributed by atoms with E-state index in [1.807, 2.05) is 20.2 Å². The number of aryl methyl sites for hydroxylation is 1. The predicted octanol–water partition coefficient (Wildman–Crippen LogP) is 1.37. The maximum absolute atomic E-state index is 12.8. The van der Waals surface area contributed by atoms with Crippen molar-refractivity contribution in [1.82, 2.24) is 15.0 Å². The van der Waals surface area contributed by atoms with Crippen LogP contribution in [0.3, 0.4) is 0 Å². The lowest BCUT2D eigenvalue weighted by atomic mass is 9.89. The van der Waals surface area contributed by atoms with Crippen molar-refractivity contribution in [3.63, 3.8) is 0 Å². The van der Waals surface area contributed by atoms with E-state index in [2.05, 4.69) is 10.3 Å². The molecule has 5 heteroatoms. The molecule has 1 heterocycles. The molecule has 0 aliphatic heterocycles. The predicted molar refractivity (Wildman–Crippen MR) is 62.6 cm³/mol. The van der Waals surface area contributed by atoms with Gasteiger partial charge < -0.3 is 5.73 Å². The Morgan fingerprint density at radius 3 is 2.53 bits per heavy atom. The molecule has 0 radical (unpaired) electrons. The van der Waals surface area contributed by atoms with Crippen LogP contribution < -0.4 is 5.73 Å². The van der Waals surface area contributed by atoms with E-state index >= 15 is 0 Å². The quantitative estimate of drug-likeness (QED) is 0.872. The van der Waals surface area contributed by atoms with Gasteiger partial charge in [-0.2, -0.15) is 0 Å². The minimum Gasteiger partial charge on any atom is -0.321 e. The van der Waals surface area contributed by atoms with E-state index < -0.39 is 5.54 Å². The van der Waals surface area contributed by atoms with Gasteiger partial charge in [0.1, 0.15) is 5.82 Å². The van der Waals surface area contributed by atoms with Crippen LogP contribution in [0.2, 0.25) is 0 Å². The lowest BCUT2D eigenvalue weighted by Crippen LogP contribution is -2.35. The van der Waals surface area contributed by atoms with Crippen molar-refractivity contribution in [3.8, 4) is 0 Å². The van der Waals surface area contributed by atoms with Gasteiger partial charge in [-0.3, -0.25) is 4.68 Å². The molecule has 90 valence electrons. The van der Waals surface area contributed by atoms with Crippen LogP contribution in [0.1, 0.15) is 18.2 Å². The third-order valence-corrected chi connectivity index (χ3v) is 2.70. The SMILES string of the molecule is Cn1cc(CC(C)(N)c2ccc(F)cc2)nn1. The summed E-state index contributed by atoms with van der Waals surface area (Å²) in [6, 6.07) is 6.23. The molecule has 4 nitrogen and oxygen atoms in total. The zero-order valence-electron chi connectivity index (χ0n) is 9.89. The third kappa shape index (κ3) is 2.68. The van der Waals surface area contributed by atoms with E-state index in [0.29, 0.717) is 6.42 Å². The zero-order chi connectivity index (χ0) is 12.5. The number of rotatable bonds is 3. The van der Waals surface area contributed by atoms with E-state index in [-0.39, 0.29) is 5.82 Å². The summed E-state index contributed by atoms with van der Waals surface area (Å²) < 4.78 is 14.5. The van der Waals surface area contributed by atoms with E-state index in [4.69, 9.17) is 5.73 Å². The highest BCUT2D eigenvalue weighted by Gasteiger charge is 2.23. The van der Waals surface area contributed by atoms with Crippen LogP contribution >= 0.6 is 0 Å². The molecule has 2 N–H and O–H groups in total. The van der Waals surface area contributed by atoms with E-state index in [1.54, 1.807) is 16.8 Å². The number of nitrogens with zero attached hydrogens (tertiary/aromatic N) is 3. The molecule has 1 aromatic heterocycles. The molecule has 0 fully saturated rings. The highest BCUT2D eigenvalue weighted by atomic mass is 19.1. The first-order valence-electron chi connectivity index (χ1n) is 5.37. The summed E-state index contributed by atoms with van der Waals surface area (Å²) in [7, 11) is 1.81. The molecule has 0 saturated heterocycles. The lowest BCUT2D eigenvalue weighted by Gasteiger charge is -2.24. The Balaban J connectivity index is 2.21. The lowest BCUT2D eigenvalue weighted by molar-refractivity contribution is 0.483. The Morgan fingerprint density at radius 1 is 1.35 bits per heavy atom. The Morgan fingerprint density at radius 2 is 2.00 bits per heavy atom. The topological polar surface area (TPSA) is 56.7 Å². The van der Waals surface area contributed by atoms with Crippen molar-refractivity contribution in [2.24, 2.45) is 12.8 Å². The first-order valence-corrected chi connectivity index (χ1v) is 5.37. The van der Waals surface area contributed by atoms with E-state index in [9.17, 15) is 4.39 Å². The van der Waals surface area contributed by atoms with Crippen LogP contribution in [-0.2, 0) is 19.0 Å². The molecular weight excluding hydrogens is 219 g/mol. The monoisotopic (exact) mass is 234 g/mol. The molecule has 0 aliphatic carbocycles. The fourth-order valence-corrected chi connectivity index (χ4v) is 1.79. The summed E-state index contributed by atoms with van der Waals surface area (Å²) in [5, 5.41) is 7.86. The molecule has 0 saturated carbocycles. The van der Waals surface area contributed by atoms with Crippen molar-refractivity contribution < 1.29 is 4.39 Å². The van der Waals surface area contributed by atoms with Crippen molar-refractivity contribution in [1.29, 1.82) is 0 Å². The maximum Gasteiger partial charge on any atom is 0.123 e. The molecule has 0 amide bonds. The number of hydrogen-bond acceptors (Lipinski definition) is 3. The van der Waals surface area contributed by atoms with Crippen LogP contribution in [0.4, 0.5) is 4.39 Å². The second-order valence-electron chi connectivity index (χ2n) is 4.48. The molecule has 2 rings (SSSR count). The second-order valence-corrected chi connectivity index (χ2v) is 4.48. The largest absolute Gasteiger partial charge is 0.321 e. The van der Waals surface area contributed by atoms with Crippen LogP contribution in [0.15, 0.2) is 30.5 Å². The van der Waals surface area contributed by atoms with Gasteiger partial charge in [0.05, 0.1) is 5.69 Å². The van der Waals surface area contributed by atoms with Gasteiger partial charge in [0.2, 0.25) is 0 Å². The standard InChI is InChI=1S/C12H15FN4/c1-12(14,7-11-8-17(2)16-15-11)9-3-5-10(13)6-4-9/h3-6,8H,7,14H2,1-2H3. The molecular formula is C12H15FN4. The third-order valence-electron chi connectivity index (χ3n) is 2.70. The van der Waals surface area contributed by atoms with E-state index in [1.165, 1.54) is 12.1 Å². The number of benzene rings is 1. The Bertz CT molecular complexity index is 501. The van der Waals surface area contributed by atoms with Gasteiger partial charge in [-0.1, -0.05) is 17.3 Å². The van der Waals surface area contributed by atoms with Crippen LogP contribution in [-0.4, -0.2) is 15.0 Å². The minimum atomic E-state index is -0.580. The summed E-state index contributed by atoms with van der Waals surface area (Å²) in [6.45, 7) is 1.90. The minimum absolute atomic E-state index is 0.260.